The molecule has 4 unspecified atom stereocenters. The number of nitrogens with one attached hydrogen (secondary N) is 4. The van der Waals surface area contributed by atoms with Gasteiger partial charge in [0.25, 0.3) is 0 Å². The second-order valence-electron chi connectivity index (χ2n) is 14.1. The summed E-state index contributed by atoms with van der Waals surface area (Å²) in [6.45, 7) is 21.3. The molecule has 1 heterocycles. The molecule has 1 saturated heterocycles. The minimum Gasteiger partial charge on any atom is -0.370 e. The van der Waals surface area contributed by atoms with E-state index in [1.165, 1.54) is 0 Å². The largest absolute Gasteiger partial charge is 0.370 e. The van der Waals surface area contributed by atoms with E-state index in [4.69, 9.17) is 34.4 Å². The van der Waals surface area contributed by atoms with Gasteiger partial charge < -0.3 is 55.7 Å². The van der Waals surface area contributed by atoms with Gasteiger partial charge in [0.15, 0.2) is 11.9 Å². The van der Waals surface area contributed by atoms with Gasteiger partial charge in [-0.3, -0.25) is 19.6 Å². The predicted molar refractivity (Wildman–Crippen MR) is 171 cm³/mol. The van der Waals surface area contributed by atoms with Crippen LogP contribution in [-0.4, -0.2) is 82.1 Å². The molecular formula is C28H60N12O2. The molecule has 1 aliphatic rings. The SMILES string of the molecule is CC(C)(NC(=O)C(N)CCCN=C(N)N)C1(C)NC(C)(C)C(C)(C(C)(C)NC(=O)C(N)CCCN=C(N)N)NC1(C)C. The number of nitrogens with zero attached hydrogens (tertiary/aromatic N) is 2. The van der Waals surface area contributed by atoms with E-state index in [0.717, 1.165) is 0 Å². The average molecular weight is 597 g/mol. The van der Waals surface area contributed by atoms with Crippen LogP contribution in [0.2, 0.25) is 0 Å². The van der Waals surface area contributed by atoms with Crippen molar-refractivity contribution in [3.05, 3.63) is 0 Å². The Labute approximate surface area is 252 Å². The standard InChI is InChI=1S/C28H60N12O2/c1-23(2,37-19(41)17(29)13-11-15-35-21(31)32)27(9)25(5,6)40-28(10,26(7,8)39-27)24(3,4)38-20(42)18(30)14-12-16-36-22(33)34/h17-18,39-40H,11-16,29-30H2,1-10H3,(H,37,41)(H,38,42)(H4,31,32,35)(H4,33,34,36). The quantitative estimate of drug-likeness (QED) is 0.0650. The lowest BCUT2D eigenvalue weighted by Crippen LogP contribution is -2.93. The van der Waals surface area contributed by atoms with E-state index in [-0.39, 0.29) is 23.7 Å². The lowest BCUT2D eigenvalue weighted by molar-refractivity contribution is -0.132. The van der Waals surface area contributed by atoms with Crippen LogP contribution in [0.5, 0.6) is 0 Å². The zero-order valence-electron chi connectivity index (χ0n) is 27.6. The van der Waals surface area contributed by atoms with Crippen molar-refractivity contribution < 1.29 is 9.59 Å². The molecule has 1 rings (SSSR count). The van der Waals surface area contributed by atoms with Crippen LogP contribution >= 0.6 is 0 Å². The number of carbonyl (C=O) groups is 2. The molecule has 16 N–H and O–H groups in total. The Balaban J connectivity index is 3.14. The van der Waals surface area contributed by atoms with E-state index in [2.05, 4.69) is 72.8 Å². The van der Waals surface area contributed by atoms with E-state index >= 15 is 0 Å². The minimum absolute atomic E-state index is 0.0138. The molecule has 1 aliphatic heterocycles. The van der Waals surface area contributed by atoms with Crippen LogP contribution in [0.15, 0.2) is 9.98 Å². The third-order valence-electron chi connectivity index (χ3n) is 9.61. The van der Waals surface area contributed by atoms with Gasteiger partial charge in [-0.25, -0.2) is 0 Å². The van der Waals surface area contributed by atoms with Crippen LogP contribution in [0.1, 0.15) is 94.9 Å². The number of piperazine rings is 1. The number of hydrogen-bond donors (Lipinski definition) is 10. The predicted octanol–water partition coefficient (Wildman–Crippen LogP) is -1.19. The highest BCUT2D eigenvalue weighted by Gasteiger charge is 2.66. The van der Waals surface area contributed by atoms with Crippen LogP contribution < -0.4 is 55.7 Å². The first-order chi connectivity index (χ1) is 18.9. The summed E-state index contributed by atoms with van der Waals surface area (Å²) in [6.07, 6.45) is 2.06. The van der Waals surface area contributed by atoms with Crippen LogP contribution in [0.3, 0.4) is 0 Å². The molecule has 0 aromatic heterocycles. The molecule has 14 nitrogen and oxygen atoms in total. The summed E-state index contributed by atoms with van der Waals surface area (Å²) >= 11 is 0. The minimum atomic E-state index is -0.748. The average Bonchev–Trinajstić information content (AvgIpc) is 2.81. The number of rotatable bonds is 14. The Morgan fingerprint density at radius 3 is 1.21 bits per heavy atom. The topological polar surface area (TPSA) is 263 Å². The Morgan fingerprint density at radius 1 is 0.667 bits per heavy atom. The molecule has 0 saturated carbocycles. The first kappa shape index (κ1) is 37.3. The summed E-state index contributed by atoms with van der Waals surface area (Å²) in [6, 6.07) is -1.42. The van der Waals surface area contributed by atoms with Gasteiger partial charge in [0.2, 0.25) is 11.8 Å². The number of guanidine groups is 2. The molecule has 0 bridgehead atoms. The second-order valence-corrected chi connectivity index (χ2v) is 14.1. The first-order valence-electron chi connectivity index (χ1n) is 14.7. The maximum atomic E-state index is 13.2. The highest BCUT2D eigenvalue weighted by atomic mass is 16.2. The van der Waals surface area contributed by atoms with Gasteiger partial charge in [-0.15, -0.1) is 0 Å². The van der Waals surface area contributed by atoms with Gasteiger partial charge >= 0.3 is 0 Å². The molecular weight excluding hydrogens is 536 g/mol. The van der Waals surface area contributed by atoms with Crippen LogP contribution in [0, 0.1) is 0 Å². The number of hydrogen-bond acceptors (Lipinski definition) is 8. The Morgan fingerprint density at radius 2 is 0.952 bits per heavy atom. The van der Waals surface area contributed by atoms with E-state index < -0.39 is 45.3 Å². The van der Waals surface area contributed by atoms with Crippen molar-refractivity contribution in [2.75, 3.05) is 13.1 Å². The molecule has 1 fully saturated rings. The fourth-order valence-corrected chi connectivity index (χ4v) is 6.04. The van der Waals surface area contributed by atoms with Gasteiger partial charge in [0.1, 0.15) is 0 Å². The molecule has 14 heteroatoms. The summed E-state index contributed by atoms with van der Waals surface area (Å²) in [4.78, 5) is 34.3. The fraction of sp³-hybridized carbons (Fsp3) is 0.857. The van der Waals surface area contributed by atoms with Crippen molar-refractivity contribution in [2.45, 2.75) is 140 Å². The van der Waals surface area contributed by atoms with Crippen molar-refractivity contribution in [1.29, 1.82) is 0 Å². The Kier molecular flexibility index (Phi) is 11.8. The Bertz CT molecular complexity index is 934. The Hall–Kier alpha value is -2.68. The monoisotopic (exact) mass is 596 g/mol. The van der Waals surface area contributed by atoms with Crippen molar-refractivity contribution >= 4 is 23.7 Å². The zero-order valence-corrected chi connectivity index (χ0v) is 27.6. The first-order valence-corrected chi connectivity index (χ1v) is 14.7. The molecule has 0 radical (unpaired) electrons. The molecule has 0 spiro atoms. The molecule has 2 amide bonds. The van der Waals surface area contributed by atoms with E-state index in [1.807, 2.05) is 27.7 Å². The summed E-state index contributed by atoms with van der Waals surface area (Å²) in [5.74, 6) is -0.480. The van der Waals surface area contributed by atoms with Gasteiger partial charge in [-0.1, -0.05) is 0 Å². The maximum absolute atomic E-state index is 13.2. The number of amides is 2. The highest BCUT2D eigenvalue weighted by molar-refractivity contribution is 5.83. The highest BCUT2D eigenvalue weighted by Crippen LogP contribution is 2.46. The molecule has 4 atom stereocenters. The number of nitrogens with two attached hydrogens (primary N) is 6. The molecule has 0 aliphatic carbocycles. The van der Waals surface area contributed by atoms with Crippen molar-refractivity contribution in [2.24, 2.45) is 44.4 Å². The van der Waals surface area contributed by atoms with Crippen LogP contribution in [0.25, 0.3) is 0 Å². The third kappa shape index (κ3) is 8.23. The van der Waals surface area contributed by atoms with Crippen molar-refractivity contribution in [1.82, 2.24) is 21.3 Å². The lowest BCUT2D eigenvalue weighted by atomic mass is 9.57. The van der Waals surface area contributed by atoms with Gasteiger partial charge in [-0.05, 0) is 94.9 Å². The van der Waals surface area contributed by atoms with E-state index in [1.54, 1.807) is 0 Å². The summed E-state index contributed by atoms with van der Waals surface area (Å²) in [5, 5.41) is 14.1. The van der Waals surface area contributed by atoms with Gasteiger partial charge in [0.05, 0.1) is 34.2 Å². The molecule has 0 aromatic carbocycles. The number of carbonyl (C=O) groups excluding carboxylic acids is 2. The molecule has 42 heavy (non-hydrogen) atoms. The molecule has 244 valence electrons. The van der Waals surface area contributed by atoms with Gasteiger partial charge in [0, 0.05) is 24.2 Å². The summed E-state index contributed by atoms with van der Waals surface area (Å²) in [7, 11) is 0. The molecule has 0 aromatic rings. The lowest BCUT2D eigenvalue weighted by Gasteiger charge is -2.70. The van der Waals surface area contributed by atoms with Crippen molar-refractivity contribution in [3.63, 3.8) is 0 Å². The number of aliphatic imine (C=N–C) groups is 2. The van der Waals surface area contributed by atoms with Crippen LogP contribution in [-0.2, 0) is 9.59 Å². The van der Waals surface area contributed by atoms with E-state index in [0.29, 0.717) is 38.8 Å². The van der Waals surface area contributed by atoms with Crippen LogP contribution in [0.4, 0.5) is 0 Å². The normalized spacial score (nSPS) is 25.0. The third-order valence-corrected chi connectivity index (χ3v) is 9.61. The second kappa shape index (κ2) is 13.3. The van der Waals surface area contributed by atoms with E-state index in [9.17, 15) is 9.59 Å². The summed E-state index contributed by atoms with van der Waals surface area (Å²) < 4.78 is 0. The van der Waals surface area contributed by atoms with Gasteiger partial charge in [-0.2, -0.15) is 0 Å². The smallest absolute Gasteiger partial charge is 0.237 e. The fourth-order valence-electron chi connectivity index (χ4n) is 6.04. The maximum Gasteiger partial charge on any atom is 0.237 e. The van der Waals surface area contributed by atoms with Crippen molar-refractivity contribution in [3.8, 4) is 0 Å². The zero-order chi connectivity index (χ0) is 32.9. The summed E-state index contributed by atoms with van der Waals surface area (Å²) in [5.41, 5.74) is 30.0.